The number of aryl methyl sites for hydroxylation is 1. The van der Waals surface area contributed by atoms with Crippen molar-refractivity contribution in [3.05, 3.63) is 47.2 Å². The van der Waals surface area contributed by atoms with Gasteiger partial charge in [-0.1, -0.05) is 32.0 Å². The molecule has 7 rings (SSSR count). The van der Waals surface area contributed by atoms with Crippen LogP contribution in [-0.4, -0.2) is 90.8 Å². The van der Waals surface area contributed by atoms with Crippen LogP contribution in [0.25, 0.3) is 10.9 Å². The minimum Gasteiger partial charge on any atom is -0.468 e. The molecule has 10 heteroatoms. The quantitative estimate of drug-likeness (QED) is 0.234. The van der Waals surface area contributed by atoms with Crippen LogP contribution in [0.5, 0.6) is 0 Å². The highest BCUT2D eigenvalue weighted by atomic mass is 16.8. The number of ketones is 1. The molecule has 0 amide bonds. The van der Waals surface area contributed by atoms with Crippen molar-refractivity contribution >= 4 is 29.1 Å². The number of ether oxygens (including phenoxy) is 4. The average Bonchev–Trinajstić information content (AvgIpc) is 3.65. The van der Waals surface area contributed by atoms with Crippen molar-refractivity contribution in [1.29, 1.82) is 0 Å². The zero-order valence-corrected chi connectivity index (χ0v) is 29.8. The van der Waals surface area contributed by atoms with Gasteiger partial charge in [0.1, 0.15) is 5.60 Å². The first-order chi connectivity index (χ1) is 22.8. The number of aliphatic hydroxyl groups excluding tert-OH is 1. The predicted octanol–water partition coefficient (Wildman–Crippen LogP) is 5.09. The minimum atomic E-state index is -0.681. The molecule has 1 N–H and O–H groups in total. The van der Waals surface area contributed by atoms with Crippen molar-refractivity contribution in [2.75, 3.05) is 40.5 Å². The van der Waals surface area contributed by atoms with Crippen LogP contribution in [0, 0.1) is 17.3 Å². The molecule has 1 aromatic carbocycles. The van der Waals surface area contributed by atoms with Crippen LogP contribution in [0.15, 0.2) is 35.9 Å². The van der Waals surface area contributed by atoms with Gasteiger partial charge in [-0.05, 0) is 101 Å². The van der Waals surface area contributed by atoms with E-state index in [0.29, 0.717) is 50.5 Å². The Hall–Kier alpha value is -3.05. The van der Waals surface area contributed by atoms with Crippen molar-refractivity contribution in [2.24, 2.45) is 24.3 Å². The molecule has 6 atom stereocenters. The summed E-state index contributed by atoms with van der Waals surface area (Å²) in [5, 5.41) is 9.31. The largest absolute Gasteiger partial charge is 0.468 e. The van der Waals surface area contributed by atoms with Gasteiger partial charge in [0.15, 0.2) is 17.7 Å². The van der Waals surface area contributed by atoms with E-state index in [1.54, 1.807) is 30.3 Å². The fourth-order valence-corrected chi connectivity index (χ4v) is 9.03. The summed E-state index contributed by atoms with van der Waals surface area (Å²) in [5.74, 6) is 0.710. The second-order valence-electron chi connectivity index (χ2n) is 15.0. The normalized spacial score (nSPS) is 30.4. The van der Waals surface area contributed by atoms with Crippen LogP contribution >= 0.6 is 0 Å². The number of esters is 1. The molecule has 2 saturated carbocycles. The summed E-state index contributed by atoms with van der Waals surface area (Å²) in [6, 6.07) is 8.87. The molecule has 10 nitrogen and oxygen atoms in total. The van der Waals surface area contributed by atoms with Crippen LogP contribution in [0.3, 0.4) is 0 Å². The zero-order valence-electron chi connectivity index (χ0n) is 29.8. The van der Waals surface area contributed by atoms with Gasteiger partial charge in [-0.25, -0.2) is 0 Å². The van der Waals surface area contributed by atoms with E-state index in [1.807, 2.05) is 26.8 Å². The third-order valence-corrected chi connectivity index (χ3v) is 11.0. The number of aromatic nitrogens is 1. The highest BCUT2D eigenvalue weighted by Crippen LogP contribution is 2.68. The Morgan fingerprint density at radius 2 is 1.88 bits per heavy atom. The van der Waals surface area contributed by atoms with Gasteiger partial charge < -0.3 is 28.6 Å². The first-order valence-electron chi connectivity index (χ1n) is 17.5. The molecule has 6 unspecified atom stereocenters. The molecule has 264 valence electrons. The van der Waals surface area contributed by atoms with E-state index in [9.17, 15) is 14.4 Å². The van der Waals surface area contributed by atoms with Crippen LogP contribution in [0.1, 0.15) is 83.4 Å². The summed E-state index contributed by atoms with van der Waals surface area (Å²) in [6.45, 7) is 9.98. The van der Waals surface area contributed by atoms with Crippen molar-refractivity contribution in [1.82, 2.24) is 9.47 Å². The highest BCUT2D eigenvalue weighted by Gasteiger charge is 2.67. The molecule has 0 radical (unpaired) electrons. The molecule has 48 heavy (non-hydrogen) atoms. The molecular formula is C38H54N2O8. The lowest BCUT2D eigenvalue weighted by molar-refractivity contribution is -0.199. The Labute approximate surface area is 284 Å². The van der Waals surface area contributed by atoms with Gasteiger partial charge in [-0.2, -0.15) is 0 Å². The highest BCUT2D eigenvalue weighted by molar-refractivity contribution is 5.97. The lowest BCUT2D eigenvalue weighted by Gasteiger charge is -2.57. The summed E-state index contributed by atoms with van der Waals surface area (Å²) in [7, 11) is 5.83. The molecule has 2 bridgehead atoms. The summed E-state index contributed by atoms with van der Waals surface area (Å²) in [6.07, 6.45) is 8.34. The summed E-state index contributed by atoms with van der Waals surface area (Å²) < 4.78 is 24.7. The Morgan fingerprint density at radius 1 is 1.15 bits per heavy atom. The number of hydrogen-bond donors (Lipinski definition) is 1. The number of carbonyl (C=O) groups is 3. The fraction of sp³-hybridized carbons (Fsp3) is 0.658. The first kappa shape index (κ1) is 36.2. The minimum absolute atomic E-state index is 0.0937. The molecule has 3 heterocycles. The van der Waals surface area contributed by atoms with E-state index in [4.69, 9.17) is 19.3 Å². The van der Waals surface area contributed by atoms with Gasteiger partial charge in [0.2, 0.25) is 0 Å². The van der Waals surface area contributed by atoms with Gasteiger partial charge in [0, 0.05) is 49.0 Å². The number of likely N-dealkylation sites (N-methyl/N-ethyl adjacent to an activating group) is 1. The molecule has 1 aromatic heterocycles. The average molecular weight is 667 g/mol. The van der Waals surface area contributed by atoms with E-state index in [2.05, 4.69) is 47.5 Å². The number of para-hydroxylation sites is 1. The SMILES string of the molecule is CCCO.CN(C)CC(=O)OCCCOC=O.Cn1c2c(c3ccccc31)CC1CCC3C4=CC(=O)C5OC4(CCC3(C)C21)OC5(C)C. The maximum atomic E-state index is 13.0. The van der Waals surface area contributed by atoms with Crippen molar-refractivity contribution in [3.63, 3.8) is 0 Å². The van der Waals surface area contributed by atoms with E-state index in [1.165, 1.54) is 23.7 Å². The van der Waals surface area contributed by atoms with Gasteiger partial charge in [-0.15, -0.1) is 0 Å². The van der Waals surface area contributed by atoms with Crippen LogP contribution in [0.4, 0.5) is 0 Å². The number of rotatable bonds is 8. The molecule has 1 spiro atoms. The molecule has 5 aliphatic rings. The van der Waals surface area contributed by atoms with Crippen molar-refractivity contribution in [3.8, 4) is 0 Å². The van der Waals surface area contributed by atoms with E-state index in [0.717, 1.165) is 31.3 Å². The van der Waals surface area contributed by atoms with Crippen LogP contribution in [-0.2, 0) is 46.8 Å². The second-order valence-corrected chi connectivity index (χ2v) is 15.0. The standard InChI is InChI=1S/C27H31NO3.C8H15NO4.C3H8O/c1-25(2)24-21(29)14-19-18-10-9-15-13-17-16-7-5-6-8-20(16)28(4)23(17)22(15)26(18,3)11-12-27(19,30-24)31-25;1-9(2)6-8(11)13-5-3-4-12-7-10;1-2-3-4/h5-8,14-15,18,22,24H,9-13H2,1-4H3;7H,3-6H2,1-2H3;4H,2-3H2,1H3. The van der Waals surface area contributed by atoms with Crippen LogP contribution < -0.4 is 0 Å². The number of fused-ring (bicyclic) bond motifs is 9. The Bertz CT molecular complexity index is 1530. The predicted molar refractivity (Wildman–Crippen MR) is 182 cm³/mol. The smallest absolute Gasteiger partial charge is 0.320 e. The second kappa shape index (κ2) is 14.4. The summed E-state index contributed by atoms with van der Waals surface area (Å²) in [5.41, 5.74) is 5.17. The Morgan fingerprint density at radius 3 is 2.56 bits per heavy atom. The maximum Gasteiger partial charge on any atom is 0.320 e. The maximum absolute atomic E-state index is 13.0. The molecule has 1 saturated heterocycles. The zero-order chi connectivity index (χ0) is 34.9. The molecule has 2 aromatic rings. The van der Waals surface area contributed by atoms with Crippen molar-refractivity contribution in [2.45, 2.75) is 96.1 Å². The summed E-state index contributed by atoms with van der Waals surface area (Å²) >= 11 is 0. The number of benzene rings is 1. The van der Waals surface area contributed by atoms with E-state index >= 15 is 0 Å². The molecule has 3 fully saturated rings. The lowest BCUT2D eigenvalue weighted by Crippen LogP contribution is -2.54. The number of hydrogen-bond acceptors (Lipinski definition) is 9. The fourth-order valence-electron chi connectivity index (χ4n) is 9.03. The van der Waals surface area contributed by atoms with E-state index in [-0.39, 0.29) is 23.7 Å². The third-order valence-electron chi connectivity index (χ3n) is 11.0. The molecule has 2 aliphatic heterocycles. The van der Waals surface area contributed by atoms with Gasteiger partial charge in [0.25, 0.3) is 6.47 Å². The first-order valence-corrected chi connectivity index (χ1v) is 17.5. The Balaban J connectivity index is 0.000000224. The lowest BCUT2D eigenvalue weighted by atomic mass is 9.50. The third kappa shape index (κ3) is 6.61. The number of aliphatic hydroxyl groups is 1. The van der Waals surface area contributed by atoms with E-state index < -0.39 is 17.5 Å². The molecule has 3 aliphatic carbocycles. The van der Waals surface area contributed by atoms with Gasteiger partial charge in [-0.3, -0.25) is 19.3 Å². The Kier molecular flexibility index (Phi) is 10.9. The number of carbonyl (C=O) groups excluding carboxylic acids is 3. The monoisotopic (exact) mass is 666 g/mol. The topological polar surface area (TPSA) is 117 Å². The van der Waals surface area contributed by atoms with Crippen LogP contribution in [0.2, 0.25) is 0 Å². The van der Waals surface area contributed by atoms with Gasteiger partial charge in [0.05, 0.1) is 19.8 Å². The van der Waals surface area contributed by atoms with Crippen molar-refractivity contribution < 1.29 is 38.4 Å². The summed E-state index contributed by atoms with van der Waals surface area (Å²) in [4.78, 5) is 35.4. The number of nitrogens with zero attached hydrogens (tertiary/aromatic N) is 2. The molecular weight excluding hydrogens is 612 g/mol. The van der Waals surface area contributed by atoms with Gasteiger partial charge >= 0.3 is 5.97 Å².